The Kier molecular flexibility index (Phi) is 7.14. The third-order valence-electron chi connectivity index (χ3n) is 4.80. The van der Waals surface area contributed by atoms with Gasteiger partial charge in [-0.15, -0.1) is 11.8 Å². The first kappa shape index (κ1) is 22.0. The molecule has 0 atom stereocenters. The first-order chi connectivity index (χ1) is 13.8. The summed E-state index contributed by atoms with van der Waals surface area (Å²) >= 11 is 8.27. The summed E-state index contributed by atoms with van der Waals surface area (Å²) in [6.45, 7) is 6.97. The fourth-order valence-corrected chi connectivity index (χ4v) is 4.85. The topological polar surface area (TPSA) is 49.8 Å². The van der Waals surface area contributed by atoms with Gasteiger partial charge in [-0.3, -0.25) is 0 Å². The second-order valence-electron chi connectivity index (χ2n) is 8.25. The number of amides is 1. The molecule has 1 amide bonds. The molecule has 1 aliphatic rings. The summed E-state index contributed by atoms with van der Waals surface area (Å²) < 4.78 is 5.55. The number of hydrogen-bond donors (Lipinski definition) is 1. The third-order valence-corrected chi connectivity index (χ3v) is 6.46. The first-order valence-corrected chi connectivity index (χ1v) is 11.2. The fourth-order valence-electron chi connectivity index (χ4n) is 3.40. The summed E-state index contributed by atoms with van der Waals surface area (Å²) in [5.74, 6) is 0.778. The lowest BCUT2D eigenvalue weighted by Gasteiger charge is -2.26. The highest BCUT2D eigenvalue weighted by atomic mass is 35.5. The van der Waals surface area contributed by atoms with Crippen LogP contribution in [0.4, 0.5) is 4.79 Å². The highest BCUT2D eigenvalue weighted by molar-refractivity contribution is 7.98. The molecule has 29 heavy (non-hydrogen) atoms. The van der Waals surface area contributed by atoms with Crippen LogP contribution < -0.4 is 0 Å². The highest BCUT2D eigenvalue weighted by Gasteiger charge is 2.25. The summed E-state index contributed by atoms with van der Waals surface area (Å²) in [6, 6.07) is 12.0. The van der Waals surface area contributed by atoms with Gasteiger partial charge < -0.3 is 14.7 Å². The molecule has 2 aromatic rings. The maximum Gasteiger partial charge on any atom is 0.410 e. The normalized spacial score (nSPS) is 14.3. The van der Waals surface area contributed by atoms with Crippen molar-refractivity contribution in [3.8, 4) is 0 Å². The van der Waals surface area contributed by atoms with Crippen LogP contribution in [0.1, 0.15) is 43.0 Å². The van der Waals surface area contributed by atoms with Crippen LogP contribution in [0.3, 0.4) is 0 Å². The van der Waals surface area contributed by atoms with E-state index in [1.54, 1.807) is 16.7 Å². The number of rotatable bonds is 4. The molecule has 0 radical (unpaired) electrons. The Bertz CT molecular complexity index is 879. The van der Waals surface area contributed by atoms with Gasteiger partial charge in [0.2, 0.25) is 0 Å². The fraction of sp³-hybridized carbons (Fsp3) is 0.435. The average molecular weight is 434 g/mol. The van der Waals surface area contributed by atoms with Gasteiger partial charge in [0, 0.05) is 23.7 Å². The van der Waals surface area contributed by atoms with E-state index < -0.39 is 5.60 Å². The molecule has 6 heteroatoms. The zero-order chi connectivity index (χ0) is 21.0. The molecule has 2 aromatic carbocycles. The molecule has 4 nitrogen and oxygen atoms in total. The largest absolute Gasteiger partial charge is 0.444 e. The summed E-state index contributed by atoms with van der Waals surface area (Å²) in [6.07, 6.45) is 1.29. The Balaban J connectivity index is 1.75. The van der Waals surface area contributed by atoms with Gasteiger partial charge in [0.1, 0.15) is 5.60 Å². The van der Waals surface area contributed by atoms with Crippen LogP contribution in [0.15, 0.2) is 41.3 Å². The van der Waals surface area contributed by atoms with E-state index in [-0.39, 0.29) is 12.7 Å². The number of aliphatic hydroxyl groups excluding tert-OH is 1. The van der Waals surface area contributed by atoms with Crippen LogP contribution in [0.5, 0.6) is 0 Å². The van der Waals surface area contributed by atoms with E-state index in [1.807, 2.05) is 45.0 Å². The SMILES string of the molecule is CC(C)(C)OC(=O)N1CCc2ccc(Cl)c(SCc3cccc(CO)c3)c2CC1. The maximum atomic E-state index is 12.5. The number of benzene rings is 2. The zero-order valence-corrected chi connectivity index (χ0v) is 18.8. The van der Waals surface area contributed by atoms with Gasteiger partial charge in [0.05, 0.1) is 11.6 Å². The summed E-state index contributed by atoms with van der Waals surface area (Å²) in [4.78, 5) is 15.4. The molecule has 1 aliphatic heterocycles. The summed E-state index contributed by atoms with van der Waals surface area (Å²) in [5.41, 5.74) is 4.04. The molecule has 0 aromatic heterocycles. The lowest BCUT2D eigenvalue weighted by molar-refractivity contribution is 0.0258. The number of ether oxygens (including phenoxy) is 1. The molecule has 0 saturated carbocycles. The second kappa shape index (κ2) is 9.41. The van der Waals surface area contributed by atoms with Crippen LogP contribution in [-0.2, 0) is 29.9 Å². The third kappa shape index (κ3) is 5.91. The monoisotopic (exact) mass is 433 g/mol. The molecule has 0 aliphatic carbocycles. The molecule has 3 rings (SSSR count). The second-order valence-corrected chi connectivity index (χ2v) is 9.64. The average Bonchev–Trinajstić information content (AvgIpc) is 2.89. The van der Waals surface area contributed by atoms with E-state index in [9.17, 15) is 9.90 Å². The van der Waals surface area contributed by atoms with Gasteiger partial charge >= 0.3 is 6.09 Å². The first-order valence-electron chi connectivity index (χ1n) is 9.86. The lowest BCUT2D eigenvalue weighted by Crippen LogP contribution is -2.38. The number of hydrogen-bond acceptors (Lipinski definition) is 4. The molecular formula is C23H28ClNO3S. The summed E-state index contributed by atoms with van der Waals surface area (Å²) in [5, 5.41) is 10.1. The molecule has 0 spiro atoms. The van der Waals surface area contributed by atoms with Gasteiger partial charge in [-0.05, 0) is 61.9 Å². The van der Waals surface area contributed by atoms with Crippen molar-refractivity contribution < 1.29 is 14.6 Å². The Morgan fingerprint density at radius 1 is 1.17 bits per heavy atom. The Morgan fingerprint density at radius 3 is 2.62 bits per heavy atom. The van der Waals surface area contributed by atoms with Crippen molar-refractivity contribution >= 4 is 29.5 Å². The smallest absolute Gasteiger partial charge is 0.410 e. The number of halogens is 1. The quantitative estimate of drug-likeness (QED) is 0.650. The number of aliphatic hydroxyl groups is 1. The van der Waals surface area contributed by atoms with Gasteiger partial charge in [-0.25, -0.2) is 4.79 Å². The van der Waals surface area contributed by atoms with Crippen molar-refractivity contribution in [2.45, 2.75) is 56.5 Å². The lowest BCUT2D eigenvalue weighted by atomic mass is 10.0. The van der Waals surface area contributed by atoms with Crippen molar-refractivity contribution in [2.24, 2.45) is 0 Å². The van der Waals surface area contributed by atoms with E-state index >= 15 is 0 Å². The predicted octanol–water partition coefficient (Wildman–Crippen LogP) is 5.46. The Morgan fingerprint density at radius 2 is 1.90 bits per heavy atom. The standard InChI is InChI=1S/C23H28ClNO3S/c1-23(2,3)28-22(27)25-11-9-18-7-8-20(24)21(19(18)10-12-25)29-15-17-6-4-5-16(13-17)14-26/h4-8,13,26H,9-12,14-15H2,1-3H3. The van der Waals surface area contributed by atoms with Crippen LogP contribution in [0.2, 0.25) is 5.02 Å². The molecule has 156 valence electrons. The molecule has 0 fully saturated rings. The Hall–Kier alpha value is -1.69. The van der Waals surface area contributed by atoms with Crippen molar-refractivity contribution in [1.82, 2.24) is 4.90 Å². The van der Waals surface area contributed by atoms with Gasteiger partial charge in [-0.2, -0.15) is 0 Å². The minimum Gasteiger partial charge on any atom is -0.444 e. The number of fused-ring (bicyclic) bond motifs is 1. The molecule has 0 unspecified atom stereocenters. The predicted molar refractivity (Wildman–Crippen MR) is 119 cm³/mol. The molecule has 1 heterocycles. The number of nitrogens with zero attached hydrogens (tertiary/aromatic N) is 1. The molecule has 0 saturated heterocycles. The van der Waals surface area contributed by atoms with Crippen molar-refractivity contribution in [1.29, 1.82) is 0 Å². The molecule has 1 N–H and O–H groups in total. The van der Waals surface area contributed by atoms with Crippen LogP contribution in [-0.4, -0.2) is 34.8 Å². The number of thioether (sulfide) groups is 1. The minimum atomic E-state index is -0.496. The molecular weight excluding hydrogens is 406 g/mol. The maximum absolute atomic E-state index is 12.5. The van der Waals surface area contributed by atoms with Gasteiger partial charge in [-0.1, -0.05) is 41.9 Å². The van der Waals surface area contributed by atoms with Crippen LogP contribution >= 0.6 is 23.4 Å². The number of carbonyl (C=O) groups excluding carboxylic acids is 1. The van der Waals surface area contributed by atoms with Crippen molar-refractivity contribution in [3.63, 3.8) is 0 Å². The highest BCUT2D eigenvalue weighted by Crippen LogP contribution is 2.36. The van der Waals surface area contributed by atoms with Crippen LogP contribution in [0, 0.1) is 0 Å². The zero-order valence-electron chi connectivity index (χ0n) is 17.2. The van der Waals surface area contributed by atoms with E-state index in [2.05, 4.69) is 12.1 Å². The number of carbonyl (C=O) groups is 1. The van der Waals surface area contributed by atoms with Crippen LogP contribution in [0.25, 0.3) is 0 Å². The van der Waals surface area contributed by atoms with E-state index in [0.29, 0.717) is 13.1 Å². The van der Waals surface area contributed by atoms with Crippen molar-refractivity contribution in [2.75, 3.05) is 13.1 Å². The Labute approximate surface area is 182 Å². The van der Waals surface area contributed by atoms with E-state index in [0.717, 1.165) is 39.6 Å². The minimum absolute atomic E-state index is 0.0422. The van der Waals surface area contributed by atoms with Gasteiger partial charge in [0.15, 0.2) is 0 Å². The van der Waals surface area contributed by atoms with Gasteiger partial charge in [0.25, 0.3) is 0 Å². The summed E-state index contributed by atoms with van der Waals surface area (Å²) in [7, 11) is 0. The molecule has 0 bridgehead atoms. The van der Waals surface area contributed by atoms with Crippen molar-refractivity contribution in [3.05, 3.63) is 63.7 Å². The van der Waals surface area contributed by atoms with E-state index in [4.69, 9.17) is 16.3 Å². The van der Waals surface area contributed by atoms with E-state index in [1.165, 1.54) is 11.1 Å².